The lowest BCUT2D eigenvalue weighted by atomic mass is 9.88. The van der Waals surface area contributed by atoms with E-state index in [1.54, 1.807) is 6.07 Å². The molecule has 1 saturated heterocycles. The van der Waals surface area contributed by atoms with E-state index >= 15 is 0 Å². The SMILES string of the molecule is CC(C)NCc1cccc(C2CCN(C(=O)c3ccc(O)c(O)c3)CC2)c1. The van der Waals surface area contributed by atoms with Crippen molar-refractivity contribution in [1.29, 1.82) is 0 Å². The van der Waals surface area contributed by atoms with E-state index in [0.29, 0.717) is 30.6 Å². The Bertz CT molecular complexity index is 796. The number of nitrogens with zero attached hydrogens (tertiary/aromatic N) is 1. The molecule has 0 aromatic heterocycles. The predicted octanol–water partition coefficient (Wildman–Crippen LogP) is 3.62. The average Bonchev–Trinajstić information content (AvgIpc) is 2.68. The Hall–Kier alpha value is -2.53. The fraction of sp³-hybridized carbons (Fsp3) is 0.409. The number of aromatic hydroxyl groups is 2. The number of carbonyl (C=O) groups excluding carboxylic acids is 1. The highest BCUT2D eigenvalue weighted by molar-refractivity contribution is 5.95. The maximum absolute atomic E-state index is 12.6. The first kappa shape index (κ1) is 19.2. The van der Waals surface area contributed by atoms with Crippen LogP contribution in [0.4, 0.5) is 0 Å². The van der Waals surface area contributed by atoms with E-state index < -0.39 is 0 Å². The third kappa shape index (κ3) is 4.80. The lowest BCUT2D eigenvalue weighted by Crippen LogP contribution is -2.37. The van der Waals surface area contributed by atoms with E-state index in [1.807, 2.05) is 4.90 Å². The first-order chi connectivity index (χ1) is 12.9. The van der Waals surface area contributed by atoms with Gasteiger partial charge in [-0.15, -0.1) is 0 Å². The molecule has 5 nitrogen and oxygen atoms in total. The fourth-order valence-electron chi connectivity index (χ4n) is 3.53. The number of phenolic OH excluding ortho intramolecular Hbond substituents is 2. The van der Waals surface area contributed by atoms with Crippen molar-refractivity contribution in [2.45, 2.75) is 45.2 Å². The molecule has 0 aliphatic carbocycles. The third-order valence-corrected chi connectivity index (χ3v) is 5.14. The van der Waals surface area contributed by atoms with Crippen molar-refractivity contribution in [2.24, 2.45) is 0 Å². The lowest BCUT2D eigenvalue weighted by molar-refractivity contribution is 0.0712. The lowest BCUT2D eigenvalue weighted by Gasteiger charge is -2.32. The maximum Gasteiger partial charge on any atom is 0.253 e. The van der Waals surface area contributed by atoms with E-state index in [1.165, 1.54) is 23.3 Å². The van der Waals surface area contributed by atoms with Gasteiger partial charge in [-0.25, -0.2) is 0 Å². The first-order valence-corrected chi connectivity index (χ1v) is 9.57. The van der Waals surface area contributed by atoms with E-state index in [9.17, 15) is 15.0 Å². The molecular formula is C22H28N2O3. The highest BCUT2D eigenvalue weighted by atomic mass is 16.3. The summed E-state index contributed by atoms with van der Waals surface area (Å²) in [7, 11) is 0. The second-order valence-electron chi connectivity index (χ2n) is 7.55. The molecular weight excluding hydrogens is 340 g/mol. The van der Waals surface area contributed by atoms with Gasteiger partial charge < -0.3 is 20.4 Å². The summed E-state index contributed by atoms with van der Waals surface area (Å²) in [5.74, 6) is -0.112. The normalized spacial score (nSPS) is 15.3. The number of benzene rings is 2. The second kappa shape index (κ2) is 8.44. The van der Waals surface area contributed by atoms with Crippen LogP contribution in [0.5, 0.6) is 11.5 Å². The van der Waals surface area contributed by atoms with Gasteiger partial charge in [0.25, 0.3) is 5.91 Å². The zero-order valence-corrected chi connectivity index (χ0v) is 16.0. The molecule has 3 rings (SSSR count). The van der Waals surface area contributed by atoms with Crippen LogP contribution < -0.4 is 5.32 Å². The summed E-state index contributed by atoms with van der Waals surface area (Å²) in [6.07, 6.45) is 1.85. The molecule has 144 valence electrons. The van der Waals surface area contributed by atoms with Crippen LogP contribution in [0.25, 0.3) is 0 Å². The van der Waals surface area contributed by atoms with Crippen molar-refractivity contribution in [3.05, 3.63) is 59.2 Å². The van der Waals surface area contributed by atoms with Gasteiger partial charge in [0.15, 0.2) is 11.5 Å². The van der Waals surface area contributed by atoms with Crippen LogP contribution in [-0.4, -0.2) is 40.2 Å². The van der Waals surface area contributed by atoms with Crippen LogP contribution in [-0.2, 0) is 6.54 Å². The maximum atomic E-state index is 12.6. The summed E-state index contributed by atoms with van der Waals surface area (Å²) in [6.45, 7) is 6.54. The number of phenols is 2. The second-order valence-corrected chi connectivity index (χ2v) is 7.55. The molecule has 2 aromatic carbocycles. The van der Waals surface area contributed by atoms with Crippen molar-refractivity contribution in [3.8, 4) is 11.5 Å². The summed E-state index contributed by atoms with van der Waals surface area (Å²) in [5.41, 5.74) is 3.04. The van der Waals surface area contributed by atoms with E-state index in [-0.39, 0.29) is 17.4 Å². The number of likely N-dealkylation sites (tertiary alicyclic amines) is 1. The van der Waals surface area contributed by atoms with Gasteiger partial charge in [0.1, 0.15) is 0 Å². The molecule has 1 aliphatic rings. The monoisotopic (exact) mass is 368 g/mol. The largest absolute Gasteiger partial charge is 0.504 e. The molecule has 27 heavy (non-hydrogen) atoms. The molecule has 0 radical (unpaired) electrons. The standard InChI is InChI=1S/C22H28N2O3/c1-15(2)23-14-16-4-3-5-18(12-16)17-8-10-24(11-9-17)22(27)19-6-7-20(25)21(26)13-19/h3-7,12-13,15,17,23,25-26H,8-11,14H2,1-2H3. The molecule has 0 unspecified atom stereocenters. The van der Waals surface area contributed by atoms with Crippen LogP contribution >= 0.6 is 0 Å². The minimum absolute atomic E-state index is 0.0985. The molecule has 2 aromatic rings. The van der Waals surface area contributed by atoms with Gasteiger partial charge in [0.2, 0.25) is 0 Å². The van der Waals surface area contributed by atoms with Crippen LogP contribution in [0.15, 0.2) is 42.5 Å². The van der Waals surface area contributed by atoms with E-state index in [0.717, 1.165) is 19.4 Å². The number of nitrogens with one attached hydrogen (secondary N) is 1. The van der Waals surface area contributed by atoms with Crippen molar-refractivity contribution < 1.29 is 15.0 Å². The molecule has 0 spiro atoms. The summed E-state index contributed by atoms with van der Waals surface area (Å²) >= 11 is 0. The molecule has 0 saturated carbocycles. The number of rotatable bonds is 5. The zero-order valence-electron chi connectivity index (χ0n) is 16.0. The van der Waals surface area contributed by atoms with Crippen LogP contribution in [0.1, 0.15) is 54.1 Å². The Balaban J connectivity index is 1.60. The van der Waals surface area contributed by atoms with Crippen molar-refractivity contribution in [1.82, 2.24) is 10.2 Å². The minimum Gasteiger partial charge on any atom is -0.504 e. The van der Waals surface area contributed by atoms with Crippen molar-refractivity contribution in [3.63, 3.8) is 0 Å². The minimum atomic E-state index is -0.262. The molecule has 0 bridgehead atoms. The number of hydrogen-bond donors (Lipinski definition) is 3. The predicted molar refractivity (Wildman–Crippen MR) is 106 cm³/mol. The molecule has 3 N–H and O–H groups in total. The van der Waals surface area contributed by atoms with Gasteiger partial charge in [-0.3, -0.25) is 4.79 Å². The average molecular weight is 368 g/mol. The molecule has 1 amide bonds. The topological polar surface area (TPSA) is 72.8 Å². The van der Waals surface area contributed by atoms with Crippen molar-refractivity contribution in [2.75, 3.05) is 13.1 Å². The smallest absolute Gasteiger partial charge is 0.253 e. The Kier molecular flexibility index (Phi) is 6.01. The molecule has 1 heterocycles. The zero-order chi connectivity index (χ0) is 19.4. The number of piperidine rings is 1. The quantitative estimate of drug-likeness (QED) is 0.705. The van der Waals surface area contributed by atoms with Crippen LogP contribution in [0, 0.1) is 0 Å². The van der Waals surface area contributed by atoms with Gasteiger partial charge in [-0.2, -0.15) is 0 Å². The fourth-order valence-corrected chi connectivity index (χ4v) is 3.53. The Morgan fingerprint density at radius 3 is 2.52 bits per heavy atom. The summed E-state index contributed by atoms with van der Waals surface area (Å²) in [5, 5.41) is 22.5. The third-order valence-electron chi connectivity index (χ3n) is 5.14. The van der Waals surface area contributed by atoms with Crippen LogP contribution in [0.2, 0.25) is 0 Å². The van der Waals surface area contributed by atoms with E-state index in [2.05, 4.69) is 43.4 Å². The van der Waals surface area contributed by atoms with Gasteiger partial charge in [0.05, 0.1) is 0 Å². The number of carbonyl (C=O) groups is 1. The number of hydrogen-bond acceptors (Lipinski definition) is 4. The summed E-state index contributed by atoms with van der Waals surface area (Å²) < 4.78 is 0. The van der Waals surface area contributed by atoms with Crippen molar-refractivity contribution >= 4 is 5.91 Å². The van der Waals surface area contributed by atoms with Gasteiger partial charge in [-0.05, 0) is 48.1 Å². The summed E-state index contributed by atoms with van der Waals surface area (Å²) in [6, 6.07) is 13.4. The Morgan fingerprint density at radius 1 is 1.11 bits per heavy atom. The molecule has 5 heteroatoms. The highest BCUT2D eigenvalue weighted by Gasteiger charge is 2.25. The molecule has 1 aliphatic heterocycles. The first-order valence-electron chi connectivity index (χ1n) is 9.57. The van der Waals surface area contributed by atoms with Gasteiger partial charge in [0, 0.05) is 31.2 Å². The van der Waals surface area contributed by atoms with E-state index in [4.69, 9.17) is 0 Å². The summed E-state index contributed by atoms with van der Waals surface area (Å²) in [4.78, 5) is 14.5. The highest BCUT2D eigenvalue weighted by Crippen LogP contribution is 2.30. The number of amides is 1. The van der Waals surface area contributed by atoms with Gasteiger partial charge >= 0.3 is 0 Å². The Morgan fingerprint density at radius 2 is 1.85 bits per heavy atom. The van der Waals surface area contributed by atoms with Gasteiger partial charge in [-0.1, -0.05) is 38.1 Å². The molecule has 0 atom stereocenters. The Labute approximate surface area is 160 Å². The van der Waals surface area contributed by atoms with Crippen LogP contribution in [0.3, 0.4) is 0 Å². The molecule has 1 fully saturated rings.